The van der Waals surface area contributed by atoms with Gasteiger partial charge in [-0.1, -0.05) is 40.2 Å². The summed E-state index contributed by atoms with van der Waals surface area (Å²) in [5.74, 6) is -0.266. The Labute approximate surface area is 133 Å². The van der Waals surface area contributed by atoms with Crippen molar-refractivity contribution in [3.63, 3.8) is 0 Å². The Hall–Kier alpha value is -2.26. The molecule has 0 aliphatic carbocycles. The van der Waals surface area contributed by atoms with E-state index in [1.54, 1.807) is 30.4 Å². The van der Waals surface area contributed by atoms with E-state index in [1.807, 2.05) is 6.07 Å². The lowest BCUT2D eigenvalue weighted by molar-refractivity contribution is -0.274. The van der Waals surface area contributed by atoms with Gasteiger partial charge in [0.1, 0.15) is 5.75 Å². The molecule has 0 saturated carbocycles. The first-order valence-corrected chi connectivity index (χ1v) is 6.90. The second-order valence-corrected chi connectivity index (χ2v) is 5.15. The first kappa shape index (κ1) is 16.1. The van der Waals surface area contributed by atoms with Crippen LogP contribution < -0.4 is 4.74 Å². The van der Waals surface area contributed by atoms with Gasteiger partial charge >= 0.3 is 6.36 Å². The molecule has 0 bridgehead atoms. The third-order valence-corrected chi connectivity index (χ3v) is 3.42. The molecule has 2 rings (SSSR count). The lowest BCUT2D eigenvalue weighted by atomic mass is 10.1. The van der Waals surface area contributed by atoms with E-state index in [2.05, 4.69) is 20.7 Å². The number of hydrogen-bond acceptors (Lipinski definition) is 2. The van der Waals surface area contributed by atoms with Gasteiger partial charge in [-0.2, -0.15) is 5.26 Å². The van der Waals surface area contributed by atoms with Crippen LogP contribution in [0, 0.1) is 11.3 Å². The molecule has 0 unspecified atom stereocenters. The Bertz CT molecular complexity index is 731. The van der Waals surface area contributed by atoms with E-state index >= 15 is 0 Å². The molecule has 0 spiro atoms. The summed E-state index contributed by atoms with van der Waals surface area (Å²) in [7, 11) is 0. The molecule has 0 aliphatic rings. The molecule has 2 nitrogen and oxygen atoms in total. The summed E-state index contributed by atoms with van der Waals surface area (Å²) in [6.45, 7) is 0. The molecule has 112 valence electrons. The SMILES string of the molecule is N#Cc1ccc(Br)c(C=Cc2ccc(OC(F)(F)F)cc2)c1. The van der Waals surface area contributed by atoms with Crippen molar-refractivity contribution in [2.24, 2.45) is 0 Å². The van der Waals surface area contributed by atoms with Crippen molar-refractivity contribution in [1.29, 1.82) is 5.26 Å². The summed E-state index contributed by atoms with van der Waals surface area (Å²) < 4.78 is 40.8. The predicted octanol–water partition coefficient (Wildman–Crippen LogP) is 5.39. The fourth-order valence-corrected chi connectivity index (χ4v) is 2.09. The van der Waals surface area contributed by atoms with Crippen molar-refractivity contribution in [3.05, 3.63) is 63.6 Å². The molecule has 6 heteroatoms. The van der Waals surface area contributed by atoms with Gasteiger partial charge < -0.3 is 4.74 Å². The third kappa shape index (κ3) is 4.64. The normalized spacial score (nSPS) is 11.4. The van der Waals surface area contributed by atoms with Crippen LogP contribution in [-0.2, 0) is 0 Å². The minimum atomic E-state index is -4.69. The van der Waals surface area contributed by atoms with Gasteiger partial charge in [0.15, 0.2) is 0 Å². The highest BCUT2D eigenvalue weighted by molar-refractivity contribution is 9.10. The zero-order valence-corrected chi connectivity index (χ0v) is 12.6. The standard InChI is InChI=1S/C16H9BrF3NO/c17-15-8-4-12(10-21)9-13(15)5-1-11-2-6-14(7-3-11)22-16(18,19)20/h1-9H. The van der Waals surface area contributed by atoms with Gasteiger partial charge in [0.25, 0.3) is 0 Å². The highest BCUT2D eigenvalue weighted by atomic mass is 79.9. The van der Waals surface area contributed by atoms with Crippen molar-refractivity contribution in [2.75, 3.05) is 0 Å². The van der Waals surface area contributed by atoms with E-state index in [1.165, 1.54) is 24.3 Å². The van der Waals surface area contributed by atoms with Gasteiger partial charge in [-0.3, -0.25) is 0 Å². The number of nitriles is 1. The van der Waals surface area contributed by atoms with E-state index < -0.39 is 6.36 Å². The fraction of sp³-hybridized carbons (Fsp3) is 0.0625. The van der Waals surface area contributed by atoms with Gasteiger partial charge in [0, 0.05) is 4.47 Å². The third-order valence-electron chi connectivity index (χ3n) is 2.69. The lowest BCUT2D eigenvalue weighted by Gasteiger charge is -2.08. The van der Waals surface area contributed by atoms with Crippen LogP contribution in [0.2, 0.25) is 0 Å². The lowest BCUT2D eigenvalue weighted by Crippen LogP contribution is -2.16. The minimum absolute atomic E-state index is 0.266. The van der Waals surface area contributed by atoms with E-state index in [0.29, 0.717) is 11.1 Å². The fourth-order valence-electron chi connectivity index (χ4n) is 1.71. The van der Waals surface area contributed by atoms with Crippen LogP contribution in [0.1, 0.15) is 16.7 Å². The molecule has 0 saturated heterocycles. The second-order valence-electron chi connectivity index (χ2n) is 4.30. The number of nitrogens with zero attached hydrogens (tertiary/aromatic N) is 1. The molecule has 0 heterocycles. The van der Waals surface area contributed by atoms with Crippen molar-refractivity contribution in [2.45, 2.75) is 6.36 Å². The van der Waals surface area contributed by atoms with Crippen LogP contribution in [0.4, 0.5) is 13.2 Å². The van der Waals surface area contributed by atoms with Crippen LogP contribution >= 0.6 is 15.9 Å². The summed E-state index contributed by atoms with van der Waals surface area (Å²) >= 11 is 3.37. The predicted molar refractivity (Wildman–Crippen MR) is 80.9 cm³/mol. The molecule has 0 atom stereocenters. The number of alkyl halides is 3. The molecule has 0 aromatic heterocycles. The number of halogens is 4. The zero-order chi connectivity index (χ0) is 16.2. The van der Waals surface area contributed by atoms with Crippen molar-refractivity contribution in [1.82, 2.24) is 0 Å². The molecular formula is C16H9BrF3NO. The minimum Gasteiger partial charge on any atom is -0.406 e. The quantitative estimate of drug-likeness (QED) is 0.681. The van der Waals surface area contributed by atoms with Gasteiger partial charge in [-0.15, -0.1) is 13.2 Å². The van der Waals surface area contributed by atoms with Crippen LogP contribution in [0.15, 0.2) is 46.9 Å². The molecular weight excluding hydrogens is 359 g/mol. The second kappa shape index (κ2) is 6.67. The van der Waals surface area contributed by atoms with Gasteiger partial charge in [0.05, 0.1) is 11.6 Å². The molecule has 0 radical (unpaired) electrons. The summed E-state index contributed by atoms with van der Waals surface area (Å²) in [4.78, 5) is 0. The summed E-state index contributed by atoms with van der Waals surface area (Å²) in [6.07, 6.45) is -1.19. The first-order chi connectivity index (χ1) is 10.4. The molecule has 0 aliphatic heterocycles. The van der Waals surface area contributed by atoms with Gasteiger partial charge in [-0.05, 0) is 41.5 Å². The average molecular weight is 368 g/mol. The highest BCUT2D eigenvalue weighted by Crippen LogP contribution is 2.24. The zero-order valence-electron chi connectivity index (χ0n) is 11.1. The largest absolute Gasteiger partial charge is 0.573 e. The Balaban J connectivity index is 2.16. The summed E-state index contributed by atoms with van der Waals surface area (Å²) in [5.41, 5.74) is 2.04. The van der Waals surface area contributed by atoms with Crippen molar-refractivity contribution >= 4 is 28.1 Å². The van der Waals surface area contributed by atoms with Crippen molar-refractivity contribution < 1.29 is 17.9 Å². The van der Waals surface area contributed by atoms with Crippen molar-refractivity contribution in [3.8, 4) is 11.8 Å². The van der Waals surface area contributed by atoms with E-state index in [0.717, 1.165) is 10.0 Å². The number of rotatable bonds is 3. The Morgan fingerprint density at radius 2 is 1.73 bits per heavy atom. The van der Waals surface area contributed by atoms with Crippen LogP contribution in [0.5, 0.6) is 5.75 Å². The van der Waals surface area contributed by atoms with Crippen LogP contribution in [-0.4, -0.2) is 6.36 Å². The maximum atomic E-state index is 12.1. The Kier molecular flexibility index (Phi) is 4.88. The first-order valence-electron chi connectivity index (χ1n) is 6.11. The molecule has 0 amide bonds. The van der Waals surface area contributed by atoms with Crippen LogP contribution in [0.3, 0.4) is 0 Å². The Morgan fingerprint density at radius 3 is 2.32 bits per heavy atom. The highest BCUT2D eigenvalue weighted by Gasteiger charge is 2.30. The maximum absolute atomic E-state index is 12.1. The summed E-state index contributed by atoms with van der Waals surface area (Å²) in [6, 6.07) is 12.7. The summed E-state index contributed by atoms with van der Waals surface area (Å²) in [5, 5.41) is 8.87. The Morgan fingerprint density at radius 1 is 1.05 bits per heavy atom. The van der Waals surface area contributed by atoms with E-state index in [-0.39, 0.29) is 5.75 Å². The molecule has 2 aromatic carbocycles. The number of hydrogen-bond donors (Lipinski definition) is 0. The molecule has 22 heavy (non-hydrogen) atoms. The number of benzene rings is 2. The smallest absolute Gasteiger partial charge is 0.406 e. The molecule has 0 fully saturated rings. The van der Waals surface area contributed by atoms with Gasteiger partial charge in [0.2, 0.25) is 0 Å². The van der Waals surface area contributed by atoms with E-state index in [9.17, 15) is 13.2 Å². The maximum Gasteiger partial charge on any atom is 0.573 e. The average Bonchev–Trinajstić information content (AvgIpc) is 2.46. The monoisotopic (exact) mass is 367 g/mol. The molecule has 0 N–H and O–H groups in total. The number of ether oxygens (including phenoxy) is 1. The topological polar surface area (TPSA) is 33.0 Å². The molecule has 2 aromatic rings. The van der Waals surface area contributed by atoms with Gasteiger partial charge in [-0.25, -0.2) is 0 Å². The van der Waals surface area contributed by atoms with E-state index in [4.69, 9.17) is 5.26 Å². The van der Waals surface area contributed by atoms with Crippen LogP contribution in [0.25, 0.3) is 12.2 Å².